The second-order valence-corrected chi connectivity index (χ2v) is 13.2. The first kappa shape index (κ1) is 31.0. The van der Waals surface area contributed by atoms with E-state index in [2.05, 4.69) is 31.8 Å². The SMILES string of the molecule is COC(=O)c1cn([C@H](CO[Si+](C)C)C(C)C)c2cc(OC)c(Cc3cc(N4CCOCC4)cc(Cl)c3F)cc2c1=O. The first-order valence-electron chi connectivity index (χ1n) is 13.6. The van der Waals surface area contributed by atoms with E-state index in [1.165, 1.54) is 14.2 Å². The molecule has 0 amide bonds. The molecule has 1 saturated heterocycles. The third-order valence-corrected chi connectivity index (χ3v) is 8.37. The largest absolute Gasteiger partial charge is 0.496 e. The summed E-state index contributed by atoms with van der Waals surface area (Å²) in [6.45, 7) is 11.2. The van der Waals surface area contributed by atoms with Gasteiger partial charge in [0.2, 0.25) is 5.43 Å². The Balaban J connectivity index is 1.89. The Labute approximate surface area is 246 Å². The summed E-state index contributed by atoms with van der Waals surface area (Å²) in [4.78, 5) is 28.4. The zero-order valence-corrected chi connectivity index (χ0v) is 26.1. The van der Waals surface area contributed by atoms with E-state index < -0.39 is 26.3 Å². The molecule has 2 aromatic carbocycles. The minimum Gasteiger partial charge on any atom is -0.496 e. The predicted molar refractivity (Wildman–Crippen MR) is 161 cm³/mol. The van der Waals surface area contributed by atoms with Gasteiger partial charge in [-0.1, -0.05) is 25.4 Å². The van der Waals surface area contributed by atoms with Crippen molar-refractivity contribution in [2.75, 3.05) is 52.0 Å². The summed E-state index contributed by atoms with van der Waals surface area (Å²) in [5.74, 6) is -0.640. The van der Waals surface area contributed by atoms with Crippen LogP contribution in [-0.2, 0) is 20.3 Å². The van der Waals surface area contributed by atoms with Crippen molar-refractivity contribution in [1.29, 1.82) is 0 Å². The number of anilines is 1. The quantitative estimate of drug-likeness (QED) is 0.224. The van der Waals surface area contributed by atoms with Crippen LogP contribution >= 0.6 is 11.6 Å². The molecule has 1 fully saturated rings. The Morgan fingerprint density at radius 3 is 2.44 bits per heavy atom. The van der Waals surface area contributed by atoms with E-state index in [1.54, 1.807) is 30.5 Å². The maximum atomic E-state index is 15.3. The third-order valence-electron chi connectivity index (χ3n) is 7.35. The lowest BCUT2D eigenvalue weighted by atomic mass is 9.98. The van der Waals surface area contributed by atoms with Crippen molar-refractivity contribution in [2.45, 2.75) is 39.4 Å². The van der Waals surface area contributed by atoms with Gasteiger partial charge >= 0.3 is 15.0 Å². The van der Waals surface area contributed by atoms with Crippen molar-refractivity contribution in [3.05, 3.63) is 68.2 Å². The Bertz CT molecular complexity index is 1470. The molecule has 0 unspecified atom stereocenters. The number of carbonyl (C=O) groups excluding carboxylic acids is 1. The molecule has 220 valence electrons. The molecule has 4 rings (SSSR count). The van der Waals surface area contributed by atoms with E-state index in [1.807, 2.05) is 4.57 Å². The van der Waals surface area contributed by atoms with Gasteiger partial charge < -0.3 is 23.7 Å². The molecule has 1 atom stereocenters. The van der Waals surface area contributed by atoms with E-state index in [0.29, 0.717) is 60.7 Å². The normalized spacial score (nSPS) is 14.4. The number of esters is 1. The number of ether oxygens (including phenoxy) is 3. The van der Waals surface area contributed by atoms with Crippen LogP contribution in [-0.4, -0.2) is 66.7 Å². The maximum absolute atomic E-state index is 15.3. The summed E-state index contributed by atoms with van der Waals surface area (Å²) in [5.41, 5.74) is 1.81. The van der Waals surface area contributed by atoms with Crippen LogP contribution in [0.2, 0.25) is 18.1 Å². The maximum Gasteiger partial charge on any atom is 0.466 e. The van der Waals surface area contributed by atoms with Crippen molar-refractivity contribution in [3.63, 3.8) is 0 Å². The molecule has 2 heterocycles. The minimum absolute atomic E-state index is 0.0200. The average molecular weight is 604 g/mol. The lowest BCUT2D eigenvalue weighted by Crippen LogP contribution is -2.36. The van der Waals surface area contributed by atoms with Crippen molar-refractivity contribution in [3.8, 4) is 5.75 Å². The first-order chi connectivity index (χ1) is 19.5. The fourth-order valence-electron chi connectivity index (χ4n) is 5.09. The molecular formula is C30H37ClFN2O6Si+. The van der Waals surface area contributed by atoms with Gasteiger partial charge in [-0.15, -0.1) is 0 Å². The summed E-state index contributed by atoms with van der Waals surface area (Å²) in [6.07, 6.45) is 1.67. The number of nitrogens with zero attached hydrogens (tertiary/aromatic N) is 2. The van der Waals surface area contributed by atoms with Crippen LogP contribution in [0.3, 0.4) is 0 Å². The van der Waals surface area contributed by atoms with Crippen molar-refractivity contribution < 1.29 is 27.8 Å². The van der Waals surface area contributed by atoms with Gasteiger partial charge in [0.25, 0.3) is 0 Å². The molecule has 0 aliphatic carbocycles. The number of pyridine rings is 1. The monoisotopic (exact) mass is 603 g/mol. The highest BCUT2D eigenvalue weighted by molar-refractivity contribution is 6.48. The smallest absolute Gasteiger partial charge is 0.466 e. The Morgan fingerprint density at radius 1 is 1.12 bits per heavy atom. The fraction of sp³-hybridized carbons (Fsp3) is 0.467. The van der Waals surface area contributed by atoms with Gasteiger partial charge in [-0.25, -0.2) is 13.6 Å². The Kier molecular flexibility index (Phi) is 10.1. The molecular weight excluding hydrogens is 567 g/mol. The molecule has 0 bridgehead atoms. The predicted octanol–water partition coefficient (Wildman–Crippen LogP) is 5.48. The van der Waals surface area contributed by atoms with Crippen LogP contribution in [0.5, 0.6) is 5.75 Å². The van der Waals surface area contributed by atoms with Gasteiger partial charge in [-0.05, 0) is 35.2 Å². The van der Waals surface area contributed by atoms with Crippen molar-refractivity contribution in [2.24, 2.45) is 5.92 Å². The summed E-state index contributed by atoms with van der Waals surface area (Å²) >= 11 is 6.33. The number of methoxy groups -OCH3 is 2. The number of benzene rings is 2. The molecule has 0 N–H and O–H groups in total. The lowest BCUT2D eigenvalue weighted by molar-refractivity contribution is 0.0598. The summed E-state index contributed by atoms with van der Waals surface area (Å²) in [5, 5.41) is 0.329. The van der Waals surface area contributed by atoms with Gasteiger partial charge in [0, 0.05) is 42.8 Å². The summed E-state index contributed by atoms with van der Waals surface area (Å²) in [6, 6.07) is 6.69. The fourth-order valence-corrected chi connectivity index (χ4v) is 5.83. The zero-order chi connectivity index (χ0) is 29.8. The highest BCUT2D eigenvalue weighted by atomic mass is 35.5. The van der Waals surface area contributed by atoms with Crippen LogP contribution in [0.15, 0.2) is 35.3 Å². The molecule has 8 nitrogen and oxygen atoms in total. The second-order valence-electron chi connectivity index (χ2n) is 10.7. The summed E-state index contributed by atoms with van der Waals surface area (Å²) < 4.78 is 39.5. The number of aromatic nitrogens is 1. The number of hydrogen-bond donors (Lipinski definition) is 0. The standard InChI is InChI=1S/C30H37ClFN2O6Si/c1-18(2)26(17-40-41(5)6)34-16-23(30(36)38-4)29(35)22-13-19(27(37-3)15-25(22)34)11-20-12-21(14-24(31)28(20)32)33-7-9-39-10-8-33/h12-16,18,26H,7-11,17H2,1-6H3/q+1/t26-/m1/s1. The first-order valence-corrected chi connectivity index (χ1v) is 16.4. The van der Waals surface area contributed by atoms with Crippen LogP contribution in [0.1, 0.15) is 41.4 Å². The topological polar surface area (TPSA) is 79.2 Å². The second kappa shape index (κ2) is 13.4. The van der Waals surface area contributed by atoms with E-state index in [0.717, 1.165) is 5.69 Å². The van der Waals surface area contributed by atoms with E-state index in [4.69, 9.17) is 30.2 Å². The number of rotatable bonds is 10. The molecule has 41 heavy (non-hydrogen) atoms. The Hall–Kier alpha value is -2.92. The molecule has 11 heteroatoms. The molecule has 3 aromatic rings. The molecule has 1 aromatic heterocycles. The highest BCUT2D eigenvalue weighted by Gasteiger charge is 2.27. The van der Waals surface area contributed by atoms with Crippen LogP contribution in [0.25, 0.3) is 10.9 Å². The van der Waals surface area contributed by atoms with Crippen LogP contribution < -0.4 is 15.1 Å². The number of halogens is 2. The van der Waals surface area contributed by atoms with Gasteiger partial charge in [0.15, 0.2) is 0 Å². The molecule has 0 spiro atoms. The van der Waals surface area contributed by atoms with Gasteiger partial charge in [-0.3, -0.25) is 4.79 Å². The van der Waals surface area contributed by atoms with Gasteiger partial charge in [0.05, 0.1) is 57.1 Å². The van der Waals surface area contributed by atoms with Crippen LogP contribution in [0, 0.1) is 11.7 Å². The number of carbonyl (C=O) groups is 1. The van der Waals surface area contributed by atoms with Gasteiger partial charge in [-0.2, -0.15) is 0 Å². The Morgan fingerprint density at radius 2 is 1.83 bits per heavy atom. The zero-order valence-electron chi connectivity index (χ0n) is 24.4. The minimum atomic E-state index is -0.982. The third kappa shape index (κ3) is 6.77. The van der Waals surface area contributed by atoms with Crippen LogP contribution in [0.4, 0.5) is 10.1 Å². The highest BCUT2D eigenvalue weighted by Crippen LogP contribution is 2.34. The molecule has 0 saturated carbocycles. The summed E-state index contributed by atoms with van der Waals surface area (Å²) in [7, 11) is 1.80. The lowest BCUT2D eigenvalue weighted by Gasteiger charge is -2.29. The van der Waals surface area contributed by atoms with E-state index >= 15 is 4.39 Å². The molecule has 1 aliphatic rings. The van der Waals surface area contributed by atoms with E-state index in [9.17, 15) is 9.59 Å². The van der Waals surface area contributed by atoms with Gasteiger partial charge in [0.1, 0.15) is 23.7 Å². The average Bonchev–Trinajstić information content (AvgIpc) is 2.96. The molecule has 0 radical (unpaired) electrons. The number of hydrogen-bond acceptors (Lipinski definition) is 7. The van der Waals surface area contributed by atoms with E-state index in [-0.39, 0.29) is 29.0 Å². The van der Waals surface area contributed by atoms with Crippen molar-refractivity contribution >= 4 is 43.2 Å². The number of morpholine rings is 1. The number of fused-ring (bicyclic) bond motifs is 1. The molecule has 1 aliphatic heterocycles. The van der Waals surface area contributed by atoms with Crippen molar-refractivity contribution in [1.82, 2.24) is 4.57 Å².